The molecule has 17 heavy (non-hydrogen) atoms. The molecule has 0 aromatic rings. The summed E-state index contributed by atoms with van der Waals surface area (Å²) in [6.07, 6.45) is -4.04. The van der Waals surface area contributed by atoms with Crippen LogP contribution in [0.15, 0.2) is 11.5 Å². The molecular formula is C9H14O8. The monoisotopic (exact) mass is 250 g/mol. The van der Waals surface area contributed by atoms with Gasteiger partial charge in [-0.2, -0.15) is 0 Å². The van der Waals surface area contributed by atoms with Gasteiger partial charge < -0.3 is 35.0 Å². The zero-order valence-electron chi connectivity index (χ0n) is 8.81. The second kappa shape index (κ2) is 5.82. The number of esters is 1. The van der Waals surface area contributed by atoms with Crippen molar-refractivity contribution >= 4 is 5.97 Å². The summed E-state index contributed by atoms with van der Waals surface area (Å²) in [6, 6.07) is 0. The molecular weight excluding hydrogens is 236 g/mol. The topological polar surface area (TPSA) is 137 Å². The Morgan fingerprint density at radius 2 is 1.94 bits per heavy atom. The highest BCUT2D eigenvalue weighted by Crippen LogP contribution is 2.24. The van der Waals surface area contributed by atoms with Crippen molar-refractivity contribution in [3.63, 3.8) is 0 Å². The molecule has 8 nitrogen and oxygen atoms in total. The van der Waals surface area contributed by atoms with Gasteiger partial charge in [-0.25, -0.2) is 4.79 Å². The first-order valence-electron chi connectivity index (χ1n) is 4.86. The van der Waals surface area contributed by atoms with E-state index in [1.54, 1.807) is 0 Å². The number of carbonyl (C=O) groups is 1. The second-order valence-corrected chi connectivity index (χ2v) is 3.44. The molecule has 0 radical (unpaired) electrons. The Balaban J connectivity index is 2.68. The summed E-state index contributed by atoms with van der Waals surface area (Å²) in [7, 11) is 0. The Morgan fingerprint density at radius 1 is 1.29 bits per heavy atom. The van der Waals surface area contributed by atoms with Crippen LogP contribution in [0.1, 0.15) is 0 Å². The lowest BCUT2D eigenvalue weighted by molar-refractivity contribution is -0.148. The number of aliphatic hydroxyl groups is 5. The van der Waals surface area contributed by atoms with Crippen molar-refractivity contribution in [3.8, 4) is 0 Å². The molecule has 0 bridgehead atoms. The lowest BCUT2D eigenvalue weighted by Gasteiger charge is -2.13. The van der Waals surface area contributed by atoms with Crippen LogP contribution >= 0.6 is 0 Å². The van der Waals surface area contributed by atoms with Crippen LogP contribution in [0.25, 0.3) is 0 Å². The zero-order valence-corrected chi connectivity index (χ0v) is 8.81. The van der Waals surface area contributed by atoms with Gasteiger partial charge in [-0.05, 0) is 0 Å². The Hall–Kier alpha value is -1.35. The molecule has 0 aliphatic carbocycles. The van der Waals surface area contributed by atoms with E-state index < -0.39 is 55.6 Å². The molecule has 2 unspecified atom stereocenters. The molecule has 1 heterocycles. The van der Waals surface area contributed by atoms with Gasteiger partial charge in [-0.1, -0.05) is 0 Å². The molecule has 98 valence electrons. The molecule has 0 fully saturated rings. The molecule has 1 aliphatic heterocycles. The first-order valence-corrected chi connectivity index (χ1v) is 4.86. The molecule has 0 saturated carbocycles. The fourth-order valence-electron chi connectivity index (χ4n) is 1.18. The van der Waals surface area contributed by atoms with Gasteiger partial charge in [0.1, 0.15) is 18.8 Å². The molecule has 3 atom stereocenters. The largest absolute Gasteiger partial charge is 0.505 e. The van der Waals surface area contributed by atoms with Crippen LogP contribution in [0.3, 0.4) is 0 Å². The average Bonchev–Trinajstić information content (AvgIpc) is 2.61. The number of cyclic esters (lactones) is 1. The highest BCUT2D eigenvalue weighted by Gasteiger charge is 2.40. The van der Waals surface area contributed by atoms with Gasteiger partial charge in [0, 0.05) is 0 Å². The highest BCUT2D eigenvalue weighted by molar-refractivity contribution is 5.89. The number of hydrogen-bond acceptors (Lipinski definition) is 8. The standard InChI is InChI=1S/C9H14O8/c10-1-4(12)3-16-8-6(14)7(5(13)2-11)17-9(8)15/h4-5,7,10-14H,1-3H2/t4?,5?,7-/m0/s1. The van der Waals surface area contributed by atoms with Gasteiger partial charge in [0.05, 0.1) is 13.2 Å². The lowest BCUT2D eigenvalue weighted by Crippen LogP contribution is -2.31. The summed E-state index contributed by atoms with van der Waals surface area (Å²) in [5, 5.41) is 44.9. The van der Waals surface area contributed by atoms with Gasteiger partial charge in [-0.15, -0.1) is 0 Å². The molecule has 1 rings (SSSR count). The summed E-state index contributed by atoms with van der Waals surface area (Å²) in [5.41, 5.74) is 0. The maximum Gasteiger partial charge on any atom is 0.378 e. The molecule has 0 amide bonds. The minimum atomic E-state index is -1.46. The first kappa shape index (κ1) is 13.7. The Bertz CT molecular complexity index is 312. The fraction of sp³-hybridized carbons (Fsp3) is 0.667. The fourth-order valence-corrected chi connectivity index (χ4v) is 1.18. The zero-order chi connectivity index (χ0) is 13.0. The van der Waals surface area contributed by atoms with Crippen molar-refractivity contribution in [1.82, 2.24) is 0 Å². The van der Waals surface area contributed by atoms with Crippen molar-refractivity contribution in [3.05, 3.63) is 11.5 Å². The number of hydrogen-bond donors (Lipinski definition) is 5. The van der Waals surface area contributed by atoms with Gasteiger partial charge in [0.2, 0.25) is 5.76 Å². The van der Waals surface area contributed by atoms with Crippen molar-refractivity contribution in [2.45, 2.75) is 18.3 Å². The molecule has 8 heteroatoms. The van der Waals surface area contributed by atoms with Crippen LogP contribution < -0.4 is 0 Å². The Morgan fingerprint density at radius 3 is 2.47 bits per heavy atom. The van der Waals surface area contributed by atoms with Crippen LogP contribution in [0.5, 0.6) is 0 Å². The molecule has 0 aromatic carbocycles. The van der Waals surface area contributed by atoms with Gasteiger partial charge in [0.25, 0.3) is 0 Å². The smallest absolute Gasteiger partial charge is 0.378 e. The van der Waals surface area contributed by atoms with E-state index in [1.165, 1.54) is 0 Å². The predicted octanol–water partition coefficient (Wildman–Crippen LogP) is -2.60. The van der Waals surface area contributed by atoms with Crippen molar-refractivity contribution in [2.75, 3.05) is 19.8 Å². The van der Waals surface area contributed by atoms with E-state index in [4.69, 9.17) is 20.1 Å². The van der Waals surface area contributed by atoms with E-state index in [9.17, 15) is 15.0 Å². The van der Waals surface area contributed by atoms with E-state index in [2.05, 4.69) is 4.74 Å². The minimum absolute atomic E-state index is 0.410. The second-order valence-electron chi connectivity index (χ2n) is 3.44. The Kier molecular flexibility index (Phi) is 4.70. The number of aliphatic hydroxyl groups excluding tert-OH is 5. The van der Waals surface area contributed by atoms with Crippen LogP contribution in [0.4, 0.5) is 0 Å². The maximum absolute atomic E-state index is 11.2. The van der Waals surface area contributed by atoms with E-state index in [1.807, 2.05) is 0 Å². The summed E-state index contributed by atoms with van der Waals surface area (Å²) < 4.78 is 9.32. The van der Waals surface area contributed by atoms with Crippen LogP contribution in [0, 0.1) is 0 Å². The third-order valence-corrected chi connectivity index (χ3v) is 2.09. The minimum Gasteiger partial charge on any atom is -0.505 e. The molecule has 5 N–H and O–H groups in total. The number of rotatable bonds is 6. The van der Waals surface area contributed by atoms with Crippen LogP contribution in [0.2, 0.25) is 0 Å². The normalized spacial score (nSPS) is 23.5. The lowest BCUT2D eigenvalue weighted by atomic mass is 10.2. The van der Waals surface area contributed by atoms with Gasteiger partial charge in [0.15, 0.2) is 11.9 Å². The highest BCUT2D eigenvalue weighted by atomic mass is 16.6. The van der Waals surface area contributed by atoms with E-state index in [0.29, 0.717) is 0 Å². The number of carbonyl (C=O) groups excluding carboxylic acids is 1. The third-order valence-electron chi connectivity index (χ3n) is 2.09. The van der Waals surface area contributed by atoms with Crippen LogP contribution in [-0.4, -0.2) is 69.6 Å². The number of ether oxygens (including phenoxy) is 2. The first-order chi connectivity index (χ1) is 8.01. The van der Waals surface area contributed by atoms with E-state index in [-0.39, 0.29) is 0 Å². The van der Waals surface area contributed by atoms with Gasteiger partial charge >= 0.3 is 5.97 Å². The molecule has 0 aromatic heterocycles. The van der Waals surface area contributed by atoms with Crippen molar-refractivity contribution in [1.29, 1.82) is 0 Å². The SMILES string of the molecule is O=C1O[C@@H](C(O)CO)C(O)=C1OCC(O)CO. The van der Waals surface area contributed by atoms with Crippen molar-refractivity contribution in [2.24, 2.45) is 0 Å². The van der Waals surface area contributed by atoms with E-state index in [0.717, 1.165) is 0 Å². The predicted molar refractivity (Wildman–Crippen MR) is 51.7 cm³/mol. The maximum atomic E-state index is 11.2. The summed E-state index contributed by atoms with van der Waals surface area (Å²) in [4.78, 5) is 11.2. The quantitative estimate of drug-likeness (QED) is 0.324. The van der Waals surface area contributed by atoms with Crippen LogP contribution in [-0.2, 0) is 14.3 Å². The van der Waals surface area contributed by atoms with Crippen molar-refractivity contribution < 1.29 is 39.8 Å². The average molecular weight is 250 g/mol. The molecule has 1 aliphatic rings. The third kappa shape index (κ3) is 3.07. The Labute approximate surface area is 96.3 Å². The molecule has 0 saturated heterocycles. The molecule has 0 spiro atoms. The summed E-state index contributed by atoms with van der Waals surface area (Å²) in [6.45, 7) is -1.67. The van der Waals surface area contributed by atoms with Gasteiger partial charge in [-0.3, -0.25) is 0 Å². The summed E-state index contributed by atoms with van der Waals surface area (Å²) in [5.74, 6) is -2.21. The summed E-state index contributed by atoms with van der Waals surface area (Å²) >= 11 is 0. The van der Waals surface area contributed by atoms with E-state index >= 15 is 0 Å².